The zero-order valence-corrected chi connectivity index (χ0v) is 13.9. The Kier molecular flexibility index (Phi) is 4.46. The van der Waals surface area contributed by atoms with Gasteiger partial charge in [0.15, 0.2) is 5.89 Å². The van der Waals surface area contributed by atoms with E-state index in [0.717, 1.165) is 17.1 Å². The van der Waals surface area contributed by atoms with Crippen LogP contribution in [0.3, 0.4) is 0 Å². The van der Waals surface area contributed by atoms with Crippen molar-refractivity contribution >= 4 is 17.2 Å². The first-order valence-corrected chi connectivity index (χ1v) is 7.99. The molecule has 2 heterocycles. The molecule has 2 aromatic heterocycles. The van der Waals surface area contributed by atoms with Crippen molar-refractivity contribution in [3.8, 4) is 0 Å². The minimum atomic E-state index is -0.498. The average Bonchev–Trinajstić information content (AvgIpc) is 3.04. The van der Waals surface area contributed by atoms with Gasteiger partial charge < -0.3 is 9.73 Å². The molecule has 1 N–H and O–H groups in total. The predicted molar refractivity (Wildman–Crippen MR) is 82.6 cm³/mol. The highest BCUT2D eigenvalue weighted by Crippen LogP contribution is 2.28. The molecule has 2 rings (SSSR count). The van der Waals surface area contributed by atoms with Crippen LogP contribution in [0.25, 0.3) is 0 Å². The van der Waals surface area contributed by atoms with Gasteiger partial charge in [-0.15, -0.1) is 11.3 Å². The number of rotatable bonds is 5. The molecule has 2 aromatic rings. The Bertz CT molecular complexity index is 647. The van der Waals surface area contributed by atoms with Crippen LogP contribution in [0.4, 0.5) is 0 Å². The number of nitrogens with zero attached hydrogens (tertiary/aromatic N) is 2. The lowest BCUT2D eigenvalue weighted by atomic mass is 9.99. The Balaban J connectivity index is 2.25. The van der Waals surface area contributed by atoms with Crippen LogP contribution in [0.1, 0.15) is 60.0 Å². The maximum absolute atomic E-state index is 12.5. The molecular formula is C15H21N3O2S. The van der Waals surface area contributed by atoms with Crippen molar-refractivity contribution in [1.82, 2.24) is 15.3 Å². The Morgan fingerprint density at radius 1 is 1.38 bits per heavy atom. The number of aromatic nitrogens is 2. The summed E-state index contributed by atoms with van der Waals surface area (Å²) in [5, 5.41) is 5.94. The predicted octanol–water partition coefficient (Wildman–Crippen LogP) is 3.37. The zero-order valence-electron chi connectivity index (χ0n) is 13.1. The van der Waals surface area contributed by atoms with E-state index >= 15 is 0 Å². The van der Waals surface area contributed by atoms with Crippen molar-refractivity contribution in [3.05, 3.63) is 33.4 Å². The number of carbonyl (C=O) groups excluding carboxylic acids is 1. The van der Waals surface area contributed by atoms with Gasteiger partial charge in [0.2, 0.25) is 5.76 Å². The largest absolute Gasteiger partial charge is 0.435 e. The molecule has 0 spiro atoms. The van der Waals surface area contributed by atoms with E-state index in [1.807, 2.05) is 33.1 Å². The van der Waals surface area contributed by atoms with Crippen molar-refractivity contribution < 1.29 is 9.21 Å². The second kappa shape index (κ2) is 5.97. The smallest absolute Gasteiger partial charge is 0.289 e. The van der Waals surface area contributed by atoms with E-state index in [4.69, 9.17) is 4.42 Å². The van der Waals surface area contributed by atoms with Crippen LogP contribution in [0.5, 0.6) is 0 Å². The molecule has 0 saturated carbocycles. The summed E-state index contributed by atoms with van der Waals surface area (Å²) in [5.74, 6) is 0.637. The molecule has 0 radical (unpaired) electrons. The van der Waals surface area contributed by atoms with Crippen LogP contribution in [0.15, 0.2) is 9.80 Å². The van der Waals surface area contributed by atoms with Gasteiger partial charge in [0, 0.05) is 17.5 Å². The molecule has 1 atom stereocenters. The first-order valence-electron chi connectivity index (χ1n) is 7.11. The van der Waals surface area contributed by atoms with Gasteiger partial charge >= 0.3 is 0 Å². The number of thiazole rings is 1. The molecule has 1 unspecified atom stereocenters. The molecule has 114 valence electrons. The van der Waals surface area contributed by atoms with Gasteiger partial charge in [-0.1, -0.05) is 13.8 Å². The minimum absolute atomic E-state index is 0.239. The van der Waals surface area contributed by atoms with Crippen LogP contribution in [-0.2, 0) is 12.0 Å². The lowest BCUT2D eigenvalue weighted by molar-refractivity contribution is 0.0870. The fraction of sp³-hybridized carbons (Fsp3) is 0.533. The second-order valence-corrected chi connectivity index (χ2v) is 6.17. The summed E-state index contributed by atoms with van der Waals surface area (Å²) in [7, 11) is 0. The minimum Gasteiger partial charge on any atom is -0.435 e. The summed E-state index contributed by atoms with van der Waals surface area (Å²) >= 11 is 1.56. The van der Waals surface area contributed by atoms with Gasteiger partial charge in [-0.3, -0.25) is 4.79 Å². The zero-order chi connectivity index (χ0) is 15.6. The Hall–Kier alpha value is -1.69. The molecule has 6 heteroatoms. The molecule has 0 saturated heterocycles. The highest BCUT2D eigenvalue weighted by molar-refractivity contribution is 7.09. The average molecular weight is 307 g/mol. The molecule has 0 aliphatic heterocycles. The highest BCUT2D eigenvalue weighted by atomic mass is 32.1. The van der Waals surface area contributed by atoms with E-state index in [1.165, 1.54) is 0 Å². The summed E-state index contributed by atoms with van der Waals surface area (Å²) < 4.78 is 5.52. The van der Waals surface area contributed by atoms with Crippen molar-refractivity contribution in [3.63, 3.8) is 0 Å². The third-order valence-electron chi connectivity index (χ3n) is 3.54. The SMILES string of the molecule is CCc1nc(C)c(C(=O)NC(C)(CC)c2nc(C)cs2)o1. The molecule has 21 heavy (non-hydrogen) atoms. The summed E-state index contributed by atoms with van der Waals surface area (Å²) in [6.45, 7) is 9.69. The van der Waals surface area contributed by atoms with Crippen LogP contribution in [-0.4, -0.2) is 15.9 Å². The van der Waals surface area contributed by atoms with Gasteiger partial charge in [-0.25, -0.2) is 9.97 Å². The first-order chi connectivity index (χ1) is 9.89. The number of carbonyl (C=O) groups is 1. The first kappa shape index (κ1) is 15.7. The third-order valence-corrected chi connectivity index (χ3v) is 4.76. The van der Waals surface area contributed by atoms with E-state index in [-0.39, 0.29) is 5.91 Å². The Morgan fingerprint density at radius 2 is 2.10 bits per heavy atom. The maximum Gasteiger partial charge on any atom is 0.289 e. The van der Waals surface area contributed by atoms with E-state index < -0.39 is 5.54 Å². The lowest BCUT2D eigenvalue weighted by Gasteiger charge is -2.26. The van der Waals surface area contributed by atoms with Gasteiger partial charge in [0.05, 0.1) is 11.2 Å². The number of oxazole rings is 1. The Morgan fingerprint density at radius 3 is 2.57 bits per heavy atom. The molecule has 1 amide bonds. The molecule has 0 aliphatic carbocycles. The van der Waals surface area contributed by atoms with Crippen LogP contribution < -0.4 is 5.32 Å². The van der Waals surface area contributed by atoms with E-state index in [9.17, 15) is 4.79 Å². The van der Waals surface area contributed by atoms with Gasteiger partial charge in [-0.2, -0.15) is 0 Å². The number of hydrogen-bond acceptors (Lipinski definition) is 5. The third kappa shape index (κ3) is 3.15. The van der Waals surface area contributed by atoms with Crippen molar-refractivity contribution in [2.45, 2.75) is 53.0 Å². The van der Waals surface area contributed by atoms with Gasteiger partial charge in [0.1, 0.15) is 5.01 Å². The molecule has 0 aromatic carbocycles. The topological polar surface area (TPSA) is 68.0 Å². The fourth-order valence-electron chi connectivity index (χ4n) is 2.02. The van der Waals surface area contributed by atoms with E-state index in [2.05, 4.69) is 15.3 Å². The van der Waals surface area contributed by atoms with E-state index in [0.29, 0.717) is 23.8 Å². The molecule has 0 bridgehead atoms. The molecule has 0 aliphatic rings. The summed E-state index contributed by atoms with van der Waals surface area (Å²) in [6.07, 6.45) is 1.42. The summed E-state index contributed by atoms with van der Waals surface area (Å²) in [6, 6.07) is 0. The Labute approximate surface area is 128 Å². The highest BCUT2D eigenvalue weighted by Gasteiger charge is 2.32. The fourth-order valence-corrected chi connectivity index (χ4v) is 3.01. The number of hydrogen-bond donors (Lipinski definition) is 1. The van der Waals surface area contributed by atoms with Crippen LogP contribution in [0, 0.1) is 13.8 Å². The number of nitrogens with one attached hydrogen (secondary N) is 1. The van der Waals surface area contributed by atoms with Crippen molar-refractivity contribution in [1.29, 1.82) is 0 Å². The van der Waals surface area contributed by atoms with Crippen LogP contribution in [0.2, 0.25) is 0 Å². The summed E-state index contributed by atoms with van der Waals surface area (Å²) in [4.78, 5) is 21.2. The monoisotopic (exact) mass is 307 g/mol. The lowest BCUT2D eigenvalue weighted by Crippen LogP contribution is -2.43. The van der Waals surface area contributed by atoms with E-state index in [1.54, 1.807) is 18.3 Å². The quantitative estimate of drug-likeness (QED) is 0.919. The molecule has 0 fully saturated rings. The molecule has 5 nitrogen and oxygen atoms in total. The second-order valence-electron chi connectivity index (χ2n) is 5.31. The molecular weight excluding hydrogens is 286 g/mol. The van der Waals surface area contributed by atoms with Gasteiger partial charge in [-0.05, 0) is 27.2 Å². The van der Waals surface area contributed by atoms with Gasteiger partial charge in [0.25, 0.3) is 5.91 Å². The van der Waals surface area contributed by atoms with Crippen LogP contribution >= 0.6 is 11.3 Å². The summed E-state index contributed by atoms with van der Waals surface area (Å²) in [5.41, 5.74) is 1.09. The number of aryl methyl sites for hydroxylation is 3. The van der Waals surface area contributed by atoms with Crippen molar-refractivity contribution in [2.75, 3.05) is 0 Å². The normalized spacial score (nSPS) is 14.0. The number of amides is 1. The standard InChI is InChI=1S/C15H21N3O2S/c1-6-11-17-10(4)12(20-11)13(19)18-15(5,7-2)14-16-9(3)8-21-14/h8H,6-7H2,1-5H3,(H,18,19). The van der Waals surface area contributed by atoms with Crippen molar-refractivity contribution in [2.24, 2.45) is 0 Å². The maximum atomic E-state index is 12.5.